The summed E-state index contributed by atoms with van der Waals surface area (Å²) in [5.74, 6) is 1.06. The van der Waals surface area contributed by atoms with E-state index in [9.17, 15) is 0 Å². The number of hydrogen-bond acceptors (Lipinski definition) is 2. The highest BCUT2D eigenvalue weighted by Gasteiger charge is 2.48. The Morgan fingerprint density at radius 1 is 0.559 bits per heavy atom. The van der Waals surface area contributed by atoms with Gasteiger partial charge in [0.15, 0.2) is 0 Å². The molecular weight excluding hydrogens is 715 g/mol. The smallest absolute Gasteiger partial charge is 0.142 e. The van der Waals surface area contributed by atoms with Crippen molar-refractivity contribution >= 4 is 39.5 Å². The fourth-order valence-corrected chi connectivity index (χ4v) is 9.62. The summed E-state index contributed by atoms with van der Waals surface area (Å²) >= 11 is 0. The van der Waals surface area contributed by atoms with Gasteiger partial charge in [0.2, 0.25) is 0 Å². The molecule has 1 heterocycles. The largest absolute Gasteiger partial charge is 0.482 e. The lowest BCUT2D eigenvalue weighted by molar-refractivity contribution is 0.166. The zero-order valence-corrected chi connectivity index (χ0v) is 33.1. The van der Waals surface area contributed by atoms with Gasteiger partial charge in [-0.05, 0) is 135 Å². The van der Waals surface area contributed by atoms with Crippen LogP contribution in [-0.4, -0.2) is 5.60 Å². The van der Waals surface area contributed by atoms with Crippen molar-refractivity contribution in [3.63, 3.8) is 0 Å². The monoisotopic (exact) mass is 757 g/mol. The van der Waals surface area contributed by atoms with E-state index in [0.717, 1.165) is 35.7 Å². The normalized spacial score (nSPS) is 17.4. The molecule has 0 saturated carbocycles. The van der Waals surface area contributed by atoms with E-state index in [-0.39, 0.29) is 5.92 Å². The quantitative estimate of drug-likeness (QED) is 0.161. The molecule has 0 fully saturated rings. The molecule has 282 valence electrons. The average Bonchev–Trinajstić information content (AvgIpc) is 3.62. The van der Waals surface area contributed by atoms with Gasteiger partial charge in [0.25, 0.3) is 0 Å². The van der Waals surface area contributed by atoms with E-state index in [1.807, 2.05) is 0 Å². The van der Waals surface area contributed by atoms with Gasteiger partial charge in [-0.25, -0.2) is 0 Å². The molecule has 0 spiro atoms. The molecule has 3 aliphatic rings. The van der Waals surface area contributed by atoms with Crippen LogP contribution in [0.2, 0.25) is 0 Å². The third kappa shape index (κ3) is 6.11. The van der Waals surface area contributed by atoms with Crippen molar-refractivity contribution < 1.29 is 4.74 Å². The van der Waals surface area contributed by atoms with Gasteiger partial charge in [-0.1, -0.05) is 158 Å². The van der Waals surface area contributed by atoms with Crippen LogP contribution in [0.3, 0.4) is 0 Å². The van der Waals surface area contributed by atoms with E-state index in [1.54, 1.807) is 0 Å². The molecule has 2 unspecified atom stereocenters. The molecule has 0 amide bonds. The Labute approximate surface area is 346 Å². The third-order valence-corrected chi connectivity index (χ3v) is 12.6. The van der Waals surface area contributed by atoms with Crippen LogP contribution in [0.4, 0.5) is 17.1 Å². The Morgan fingerprint density at radius 2 is 1.10 bits per heavy atom. The number of nitrogens with zero attached hydrogens (tertiary/aromatic N) is 1. The van der Waals surface area contributed by atoms with Gasteiger partial charge in [-0.2, -0.15) is 0 Å². The number of benzene rings is 8. The van der Waals surface area contributed by atoms with E-state index in [4.69, 9.17) is 4.74 Å². The van der Waals surface area contributed by atoms with Crippen LogP contribution in [0.5, 0.6) is 5.75 Å². The Kier molecular flexibility index (Phi) is 8.52. The first kappa shape index (κ1) is 35.0. The fourth-order valence-electron chi connectivity index (χ4n) is 9.62. The topological polar surface area (TPSA) is 12.5 Å². The van der Waals surface area contributed by atoms with E-state index in [0.29, 0.717) is 0 Å². The summed E-state index contributed by atoms with van der Waals surface area (Å²) < 4.78 is 7.03. The third-order valence-electron chi connectivity index (χ3n) is 12.6. The number of aryl methyl sites for hydroxylation is 1. The van der Waals surface area contributed by atoms with Crippen LogP contribution in [0, 0.1) is 0 Å². The highest BCUT2D eigenvalue weighted by molar-refractivity contribution is 5.96. The minimum Gasteiger partial charge on any atom is -0.482 e. The predicted octanol–water partition coefficient (Wildman–Crippen LogP) is 15.2. The van der Waals surface area contributed by atoms with Crippen LogP contribution in [0.1, 0.15) is 41.5 Å². The molecule has 0 N–H and O–H groups in total. The van der Waals surface area contributed by atoms with Crippen LogP contribution >= 0.6 is 0 Å². The molecule has 0 saturated heterocycles. The fraction of sp³-hybridized carbons (Fsp3) is 0.0877. The summed E-state index contributed by atoms with van der Waals surface area (Å²) in [6, 6.07) is 65.9. The number of hydrogen-bond donors (Lipinski definition) is 0. The minimum absolute atomic E-state index is 0.0969. The molecule has 2 nitrogen and oxygen atoms in total. The number of fused-ring (bicyclic) bond motifs is 6. The summed E-state index contributed by atoms with van der Waals surface area (Å²) in [6.45, 7) is 2.28. The van der Waals surface area contributed by atoms with Crippen molar-refractivity contribution in [2.24, 2.45) is 0 Å². The van der Waals surface area contributed by atoms with Gasteiger partial charge in [0, 0.05) is 34.1 Å². The van der Waals surface area contributed by atoms with Gasteiger partial charge in [-0.3, -0.25) is 0 Å². The molecule has 2 aliphatic carbocycles. The number of rotatable bonds is 7. The second-order valence-electron chi connectivity index (χ2n) is 16.1. The summed E-state index contributed by atoms with van der Waals surface area (Å²) in [4.78, 5) is 2.34. The Morgan fingerprint density at radius 3 is 1.73 bits per heavy atom. The van der Waals surface area contributed by atoms with Gasteiger partial charge < -0.3 is 9.64 Å². The molecule has 8 aromatic rings. The summed E-state index contributed by atoms with van der Waals surface area (Å²) in [5, 5.41) is 2.65. The molecule has 2 atom stereocenters. The molecule has 0 bridgehead atoms. The molecule has 59 heavy (non-hydrogen) atoms. The van der Waals surface area contributed by atoms with Crippen LogP contribution in [-0.2, 0) is 6.42 Å². The van der Waals surface area contributed by atoms with Crippen molar-refractivity contribution in [1.82, 2.24) is 0 Å². The Bertz CT molecular complexity index is 2860. The molecule has 2 heteroatoms. The van der Waals surface area contributed by atoms with Crippen LogP contribution in [0.25, 0.3) is 55.8 Å². The first-order chi connectivity index (χ1) is 29.1. The Hall–Kier alpha value is -7.16. The van der Waals surface area contributed by atoms with Crippen molar-refractivity contribution in [1.29, 1.82) is 0 Å². The molecule has 0 aromatic heterocycles. The highest BCUT2D eigenvalue weighted by Crippen LogP contribution is 2.55. The summed E-state index contributed by atoms with van der Waals surface area (Å²) in [7, 11) is 0. The summed E-state index contributed by atoms with van der Waals surface area (Å²) in [5.41, 5.74) is 16.5. The zero-order valence-electron chi connectivity index (χ0n) is 33.1. The molecule has 1 aliphatic heterocycles. The van der Waals surface area contributed by atoms with Crippen LogP contribution in [0.15, 0.2) is 206 Å². The second-order valence-corrected chi connectivity index (χ2v) is 16.1. The maximum atomic E-state index is 7.03. The van der Waals surface area contributed by atoms with E-state index < -0.39 is 5.60 Å². The number of ether oxygens (including phenoxy) is 1. The minimum atomic E-state index is -0.520. The van der Waals surface area contributed by atoms with Crippen molar-refractivity contribution in [2.75, 3.05) is 4.90 Å². The molecule has 8 aromatic carbocycles. The van der Waals surface area contributed by atoms with Gasteiger partial charge in [-0.15, -0.1) is 0 Å². The van der Waals surface area contributed by atoms with Gasteiger partial charge >= 0.3 is 0 Å². The van der Waals surface area contributed by atoms with Gasteiger partial charge in [0.1, 0.15) is 11.4 Å². The van der Waals surface area contributed by atoms with Crippen molar-refractivity contribution in [3.05, 3.63) is 229 Å². The highest BCUT2D eigenvalue weighted by atomic mass is 16.5. The molecular formula is C57H43NO. The van der Waals surface area contributed by atoms with Crippen molar-refractivity contribution in [3.8, 4) is 39.1 Å². The molecule has 11 rings (SSSR count). The van der Waals surface area contributed by atoms with Crippen molar-refractivity contribution in [2.45, 2.75) is 31.3 Å². The SMILES string of the molecule is CC12Oc3ccc(-c4ccc(N(c5ccc(-c6ccccc6)cc5)c5ccc(-c6ccccc6)cc5)cc4)cc3C1C=CC=C2c1cc2ccccc2c2c1C=CCC2. The lowest BCUT2D eigenvalue weighted by Gasteiger charge is -2.36. The first-order valence-corrected chi connectivity index (χ1v) is 20.8. The maximum Gasteiger partial charge on any atom is 0.142 e. The van der Waals surface area contributed by atoms with E-state index >= 15 is 0 Å². The predicted molar refractivity (Wildman–Crippen MR) is 248 cm³/mol. The lowest BCUT2D eigenvalue weighted by Crippen LogP contribution is -2.36. The standard InChI is InChI=1S/C57H43NO/c1-57-54(52-38-45-17-8-9-18-49(45)50-19-10-11-20-51(50)52)21-12-22-55(57)53-37-44(29-36-56(53)59-57)43-27-34-48(35-28-43)58(46-30-23-41(24-31-46)39-13-4-2-5-14-39)47-32-25-42(26-33-47)40-15-6-3-7-16-40/h2-9,11-18,20-38,55H,10,19H2,1H3. The number of anilines is 3. The lowest BCUT2D eigenvalue weighted by atomic mass is 9.72. The Balaban J connectivity index is 0.922. The molecule has 0 radical (unpaired) electrons. The first-order valence-electron chi connectivity index (χ1n) is 20.8. The maximum absolute atomic E-state index is 7.03. The number of allylic oxidation sites excluding steroid dienone is 3. The van der Waals surface area contributed by atoms with E-state index in [2.05, 4.69) is 224 Å². The second kappa shape index (κ2) is 14.3. The summed E-state index contributed by atoms with van der Waals surface area (Å²) in [6.07, 6.45) is 13.6. The average molecular weight is 758 g/mol. The van der Waals surface area contributed by atoms with E-state index in [1.165, 1.54) is 72.0 Å². The zero-order chi connectivity index (χ0) is 39.3. The van der Waals surface area contributed by atoms with Crippen LogP contribution < -0.4 is 9.64 Å². The van der Waals surface area contributed by atoms with Gasteiger partial charge in [0.05, 0.1) is 0 Å².